The normalized spacial score (nSPS) is 12.8. The minimum atomic E-state index is -6.07. The molecule has 0 aliphatic carbocycles. The van der Waals surface area contributed by atoms with Crippen LogP contribution in [0.2, 0.25) is 0 Å². The first-order valence-electron chi connectivity index (χ1n) is 20.4. The van der Waals surface area contributed by atoms with E-state index in [4.69, 9.17) is 18.3 Å². The molecular weight excluding hydrogens is 1320 g/mol. The predicted octanol–water partition coefficient (Wildman–Crippen LogP) is -1.50. The Morgan fingerprint density at radius 3 is 0.976 bits per heavy atom. The molecule has 3 aromatic heterocycles. The van der Waals surface area contributed by atoms with Gasteiger partial charge in [-0.2, -0.15) is 0 Å². The van der Waals surface area contributed by atoms with E-state index in [0.717, 1.165) is 12.1 Å². The number of ether oxygens (including phenoxy) is 2. The highest BCUT2D eigenvalue weighted by atomic mass is 32.3. The minimum Gasteiger partial charge on any atom is -0.716 e. The summed E-state index contributed by atoms with van der Waals surface area (Å²) in [7, 11) is -47.0. The summed E-state index contributed by atoms with van der Waals surface area (Å²) in [4.78, 5) is 32.4. The molecule has 0 saturated carbocycles. The van der Waals surface area contributed by atoms with Crippen LogP contribution in [0, 0.1) is 0 Å². The topological polar surface area (TPSA) is 623 Å². The molecule has 39 nitrogen and oxygen atoms in total. The first-order valence-corrected chi connectivity index (χ1v) is 31.0. The van der Waals surface area contributed by atoms with E-state index >= 15 is 0 Å². The van der Waals surface area contributed by atoms with Crippen LogP contribution in [0.15, 0.2) is 97.3 Å². The lowest BCUT2D eigenvalue weighted by molar-refractivity contribution is 0.292. The molecule has 47 heteroatoms. The van der Waals surface area contributed by atoms with Gasteiger partial charge < -0.3 is 88.2 Å². The van der Waals surface area contributed by atoms with Gasteiger partial charge >= 0.3 is 0 Å². The van der Waals surface area contributed by atoms with Crippen LogP contribution in [0.5, 0.6) is 57.5 Å². The maximum Gasteiger partial charge on any atom is 0.262 e. The third-order valence-corrected chi connectivity index (χ3v) is 12.4. The molecule has 3 heterocycles. The van der Waals surface area contributed by atoms with Gasteiger partial charge in [-0.1, -0.05) is 6.07 Å². The molecule has 0 amide bonds. The molecule has 84 heavy (non-hydrogen) atoms. The Kier molecular flexibility index (Phi) is 17.1. The Bertz CT molecular complexity index is 4640. The van der Waals surface area contributed by atoms with E-state index in [2.05, 4.69) is 38.4 Å². The number of fused-ring (bicyclic) bond motifs is 2. The smallest absolute Gasteiger partial charge is 0.262 e. The number of hydrogen-bond donors (Lipinski definition) is 0. The van der Waals surface area contributed by atoms with E-state index in [1.807, 2.05) is 0 Å². The Morgan fingerprint density at radius 2 is 0.667 bits per heavy atom. The molecule has 0 unspecified atom stereocenters. The van der Waals surface area contributed by atoms with Crippen LogP contribution in [0.1, 0.15) is 11.4 Å². The summed E-state index contributed by atoms with van der Waals surface area (Å²) in [5, 5.41) is -2.03. The van der Waals surface area contributed by atoms with Crippen molar-refractivity contribution in [1.29, 1.82) is 0 Å². The largest absolute Gasteiger partial charge is 0.716 e. The predicted molar refractivity (Wildman–Crippen MR) is 251 cm³/mol. The number of rotatable bonds is 24. The van der Waals surface area contributed by atoms with Crippen LogP contribution >= 0.6 is 0 Å². The second-order valence-corrected chi connectivity index (χ2v) is 23.1. The molecule has 0 atom stereocenters. The maximum atomic E-state index is 14.1. The quantitative estimate of drug-likeness (QED) is 0.0491. The van der Waals surface area contributed by atoms with Crippen LogP contribution in [0.25, 0.3) is 44.6 Å². The molecule has 0 aliphatic rings. The van der Waals surface area contributed by atoms with Crippen LogP contribution in [-0.4, -0.2) is 109 Å². The summed E-state index contributed by atoms with van der Waals surface area (Å²) in [6.45, 7) is -1.86. The first kappa shape index (κ1) is 63.3. The Labute approximate surface area is 467 Å². The van der Waals surface area contributed by atoms with E-state index in [-0.39, 0.29) is 23.5 Å². The molecule has 0 aliphatic heterocycles. The molecule has 0 radical (unpaired) electrons. The standard InChI is InChI=1S/C37H25NO38S8/c39-32-30-26(10-20(69-77(41,42)43)12-28(30)67-34(36(32)75-83(59,60)61)16-4-6-22(71-79(47,48)49)24(8-16)73-81(53,54)55)65-14-18-2-1-3-19(38-18)15-66-27-11-21(70-78(44,45)46)13-29-31(27)33(40)37(76-84(62,63)64)35(68-29)17-5-7-23(72-80(50,51)52)25(9-17)74-82(56,57)58/h1-13H,14-15H2,(H,41,42,43)(H,44,45,46)(H,47,48,49)(H,50,51,52)(H,53,54,55)(H,56,57,58)(H,59,60,61)(H,62,63,64)/p-8. The molecule has 0 N–H and O–H groups in total. The highest BCUT2D eigenvalue weighted by molar-refractivity contribution is 7.82. The van der Waals surface area contributed by atoms with E-state index in [1.165, 1.54) is 6.07 Å². The summed E-state index contributed by atoms with van der Waals surface area (Å²) in [6, 6.07) is 7.71. The van der Waals surface area contributed by atoms with Crippen molar-refractivity contribution in [1.82, 2.24) is 4.98 Å². The fourth-order valence-electron chi connectivity index (χ4n) is 6.78. The second-order valence-electron chi connectivity index (χ2n) is 15.2. The molecule has 4 aromatic carbocycles. The van der Waals surface area contributed by atoms with Gasteiger partial charge in [0.2, 0.25) is 22.4 Å². The van der Waals surface area contributed by atoms with Crippen LogP contribution in [0.4, 0.5) is 0 Å². The maximum absolute atomic E-state index is 14.1. The molecule has 0 spiro atoms. The van der Waals surface area contributed by atoms with Gasteiger partial charge in [0.15, 0.2) is 34.5 Å². The van der Waals surface area contributed by atoms with E-state index in [0.29, 0.717) is 48.5 Å². The zero-order chi connectivity index (χ0) is 62.5. The van der Waals surface area contributed by atoms with Crippen molar-refractivity contribution < 1.29 is 156 Å². The van der Waals surface area contributed by atoms with E-state index in [1.54, 1.807) is 0 Å². The molecule has 0 bridgehead atoms. The zero-order valence-electron chi connectivity index (χ0n) is 39.1. The lowest BCUT2D eigenvalue weighted by atomic mass is 10.1. The van der Waals surface area contributed by atoms with Gasteiger partial charge in [-0.05, 0) is 48.5 Å². The summed E-state index contributed by atoms with van der Waals surface area (Å²) < 4.78 is 334. The molecular formula is C37H17NO38S8-8. The van der Waals surface area contributed by atoms with Crippen molar-refractivity contribution in [2.24, 2.45) is 0 Å². The number of benzene rings is 4. The summed E-state index contributed by atoms with van der Waals surface area (Å²) in [5.74, 6) is -15.5. The van der Waals surface area contributed by atoms with Crippen LogP contribution in [-0.2, 0) is 96.4 Å². The highest BCUT2D eigenvalue weighted by Crippen LogP contribution is 2.43. The van der Waals surface area contributed by atoms with Crippen molar-refractivity contribution >= 4 is 105 Å². The van der Waals surface area contributed by atoms with Crippen molar-refractivity contribution in [3.63, 3.8) is 0 Å². The second kappa shape index (κ2) is 22.7. The molecule has 454 valence electrons. The third-order valence-electron chi connectivity index (χ3n) is 9.34. The fourth-order valence-corrected chi connectivity index (χ4v) is 9.57. The van der Waals surface area contributed by atoms with Gasteiger partial charge in [0.05, 0.1) is 11.4 Å². The Hall–Kier alpha value is -8.27. The summed E-state index contributed by atoms with van der Waals surface area (Å²) in [6.07, 6.45) is 0. The summed E-state index contributed by atoms with van der Waals surface area (Å²) in [5.41, 5.74) is -7.83. The minimum absolute atomic E-state index is 0.259. The van der Waals surface area contributed by atoms with Gasteiger partial charge in [0.25, 0.3) is 83.2 Å². The van der Waals surface area contributed by atoms with Gasteiger partial charge in [0, 0.05) is 35.4 Å². The monoisotopic (exact) mass is 1340 g/mol. The first-order chi connectivity index (χ1) is 38.3. The lowest BCUT2D eigenvalue weighted by Crippen LogP contribution is -2.17. The fraction of sp³-hybridized carbons (Fsp3) is 0.0541. The van der Waals surface area contributed by atoms with E-state index in [9.17, 15) is 113 Å². The average Bonchev–Trinajstić information content (AvgIpc) is 1.66. The highest BCUT2D eigenvalue weighted by Gasteiger charge is 2.28. The summed E-state index contributed by atoms with van der Waals surface area (Å²) >= 11 is 0. The van der Waals surface area contributed by atoms with Gasteiger partial charge in [-0.3, -0.25) is 14.6 Å². The zero-order valence-corrected chi connectivity index (χ0v) is 45.7. The SMILES string of the molecule is O=c1c(OS(=O)(=O)[O-])c(-c2ccc(OS(=O)(=O)[O-])c(OS(=O)(=O)[O-])c2)oc2cc(OS(=O)(=O)[O-])cc(OCc3cccc(COc4cc(OS(=O)(=O)[O-])cc5oc(-c6ccc(OS(=O)(=O)[O-])c(OS(=O)(=O)[O-])c6)c(OS(=O)(=O)[O-])c(=O)c45)n3)c12. The van der Waals surface area contributed by atoms with E-state index < -0.39 is 209 Å². The molecule has 7 aromatic rings. The van der Waals surface area contributed by atoms with Crippen molar-refractivity contribution in [2.75, 3.05) is 0 Å². The number of nitrogens with zero attached hydrogens (tertiary/aromatic N) is 1. The van der Waals surface area contributed by atoms with Gasteiger partial charge in [-0.25, -0.2) is 67.3 Å². The van der Waals surface area contributed by atoms with Crippen molar-refractivity contribution in [2.45, 2.75) is 13.2 Å². The third kappa shape index (κ3) is 17.4. The van der Waals surface area contributed by atoms with Crippen molar-refractivity contribution in [3.05, 3.63) is 111 Å². The molecule has 0 fully saturated rings. The average molecular weight is 1340 g/mol. The number of hydrogen-bond acceptors (Lipinski definition) is 39. The Morgan fingerprint density at radius 1 is 0.357 bits per heavy atom. The van der Waals surface area contributed by atoms with Crippen molar-refractivity contribution in [3.8, 4) is 80.1 Å². The number of pyridine rings is 1. The van der Waals surface area contributed by atoms with Gasteiger partial charge in [0.1, 0.15) is 58.2 Å². The lowest BCUT2D eigenvalue weighted by Gasteiger charge is -2.18. The number of aromatic nitrogens is 1. The van der Waals surface area contributed by atoms with Crippen LogP contribution < -0.4 is 53.8 Å². The van der Waals surface area contributed by atoms with Gasteiger partial charge in [-0.15, -0.1) is 0 Å². The Balaban J connectivity index is 1.31. The molecule has 7 rings (SSSR count). The molecule has 0 saturated heterocycles. The van der Waals surface area contributed by atoms with Crippen LogP contribution in [0.3, 0.4) is 0 Å².